The van der Waals surface area contributed by atoms with Gasteiger partial charge in [0.25, 0.3) is 5.91 Å². The first-order valence-electron chi connectivity index (χ1n) is 10.3. The van der Waals surface area contributed by atoms with Crippen molar-refractivity contribution in [3.63, 3.8) is 0 Å². The highest BCUT2D eigenvalue weighted by Crippen LogP contribution is 2.25. The number of benzene rings is 2. The summed E-state index contributed by atoms with van der Waals surface area (Å²) in [5.74, 6) is 1.07. The highest BCUT2D eigenvalue weighted by Gasteiger charge is 2.27. The number of anilines is 1. The van der Waals surface area contributed by atoms with Crippen LogP contribution in [0.15, 0.2) is 71.3 Å². The summed E-state index contributed by atoms with van der Waals surface area (Å²) >= 11 is 0. The van der Waals surface area contributed by atoms with E-state index in [0.717, 1.165) is 37.7 Å². The number of furan rings is 1. The Morgan fingerprint density at radius 1 is 1.06 bits per heavy atom. The summed E-state index contributed by atoms with van der Waals surface area (Å²) in [6, 6.07) is 17.4. The maximum atomic E-state index is 13.1. The topological polar surface area (TPSA) is 58.0 Å². The minimum atomic E-state index is -0.361. The van der Waals surface area contributed by atoms with Crippen molar-refractivity contribution in [3.8, 4) is 5.75 Å². The van der Waals surface area contributed by atoms with Crippen LogP contribution in [0.5, 0.6) is 5.75 Å². The molecule has 0 unspecified atom stereocenters. The largest absolute Gasteiger partial charge is 0.497 e. The van der Waals surface area contributed by atoms with Crippen molar-refractivity contribution in [2.45, 2.75) is 6.04 Å². The number of carbonyl (C=O) groups excluding carboxylic acids is 1. The molecular formula is C24H26FN3O3. The van der Waals surface area contributed by atoms with Crippen molar-refractivity contribution in [2.75, 3.05) is 44.7 Å². The van der Waals surface area contributed by atoms with Crippen molar-refractivity contribution < 1.29 is 18.3 Å². The van der Waals surface area contributed by atoms with Crippen molar-refractivity contribution in [1.29, 1.82) is 0 Å². The molecule has 2 aromatic carbocycles. The third-order valence-corrected chi connectivity index (χ3v) is 5.63. The van der Waals surface area contributed by atoms with Crippen LogP contribution in [-0.2, 0) is 0 Å². The normalized spacial score (nSPS) is 15.5. The minimum absolute atomic E-state index is 0.0718. The van der Waals surface area contributed by atoms with Crippen LogP contribution in [0.4, 0.5) is 10.1 Å². The molecule has 0 radical (unpaired) electrons. The molecule has 1 aliphatic rings. The van der Waals surface area contributed by atoms with Gasteiger partial charge in [0, 0.05) is 44.0 Å². The van der Waals surface area contributed by atoms with Gasteiger partial charge in [0.05, 0.1) is 19.4 Å². The number of methoxy groups -OCH3 is 1. The van der Waals surface area contributed by atoms with Gasteiger partial charge in [-0.15, -0.1) is 0 Å². The number of piperazine rings is 1. The average Bonchev–Trinajstić information content (AvgIpc) is 3.35. The van der Waals surface area contributed by atoms with Crippen LogP contribution in [-0.4, -0.2) is 50.6 Å². The van der Waals surface area contributed by atoms with E-state index in [2.05, 4.69) is 27.2 Å². The number of amides is 1. The molecular weight excluding hydrogens is 397 g/mol. The van der Waals surface area contributed by atoms with Gasteiger partial charge < -0.3 is 19.4 Å². The average molecular weight is 423 g/mol. The lowest BCUT2D eigenvalue weighted by molar-refractivity contribution is 0.0923. The van der Waals surface area contributed by atoms with Gasteiger partial charge in [-0.1, -0.05) is 0 Å². The molecule has 31 heavy (non-hydrogen) atoms. The Kier molecular flexibility index (Phi) is 6.52. The maximum Gasteiger partial charge on any atom is 0.251 e. The summed E-state index contributed by atoms with van der Waals surface area (Å²) in [4.78, 5) is 17.2. The number of nitrogens with one attached hydrogen (secondary N) is 1. The molecule has 4 rings (SSSR count). The lowest BCUT2D eigenvalue weighted by Gasteiger charge is -2.39. The van der Waals surface area contributed by atoms with Gasteiger partial charge in [0.15, 0.2) is 0 Å². The fraction of sp³-hybridized carbons (Fsp3) is 0.292. The van der Waals surface area contributed by atoms with Gasteiger partial charge in [-0.25, -0.2) is 4.39 Å². The maximum absolute atomic E-state index is 13.1. The fourth-order valence-electron chi connectivity index (χ4n) is 3.87. The zero-order chi connectivity index (χ0) is 21.6. The first-order chi connectivity index (χ1) is 15.1. The van der Waals surface area contributed by atoms with Crippen molar-refractivity contribution >= 4 is 11.6 Å². The zero-order valence-corrected chi connectivity index (χ0v) is 17.5. The van der Waals surface area contributed by atoms with Crippen LogP contribution < -0.4 is 15.0 Å². The first kappa shape index (κ1) is 20.9. The first-order valence-corrected chi connectivity index (χ1v) is 10.3. The van der Waals surface area contributed by atoms with E-state index in [-0.39, 0.29) is 17.8 Å². The second kappa shape index (κ2) is 9.66. The van der Waals surface area contributed by atoms with Crippen LogP contribution in [0, 0.1) is 5.82 Å². The molecule has 1 saturated heterocycles. The van der Waals surface area contributed by atoms with Crippen LogP contribution in [0.2, 0.25) is 0 Å². The molecule has 2 heterocycles. The highest BCUT2D eigenvalue weighted by atomic mass is 19.1. The summed E-state index contributed by atoms with van der Waals surface area (Å²) in [6.07, 6.45) is 1.65. The third-order valence-electron chi connectivity index (χ3n) is 5.63. The number of nitrogens with zero attached hydrogens (tertiary/aromatic N) is 2. The second-order valence-electron chi connectivity index (χ2n) is 7.47. The predicted molar refractivity (Wildman–Crippen MR) is 117 cm³/mol. The number of rotatable bonds is 7. The van der Waals surface area contributed by atoms with Crippen LogP contribution in [0.3, 0.4) is 0 Å². The van der Waals surface area contributed by atoms with E-state index in [9.17, 15) is 9.18 Å². The second-order valence-corrected chi connectivity index (χ2v) is 7.47. The summed E-state index contributed by atoms with van der Waals surface area (Å²) in [6.45, 7) is 3.82. The van der Waals surface area contributed by atoms with E-state index in [1.807, 2.05) is 24.3 Å². The van der Waals surface area contributed by atoms with E-state index in [0.29, 0.717) is 12.1 Å². The van der Waals surface area contributed by atoms with Crippen LogP contribution in [0.25, 0.3) is 0 Å². The van der Waals surface area contributed by atoms with Gasteiger partial charge in [-0.05, 0) is 60.7 Å². The van der Waals surface area contributed by atoms with E-state index in [4.69, 9.17) is 9.15 Å². The monoisotopic (exact) mass is 423 g/mol. The number of ether oxygens (including phenoxy) is 1. The molecule has 1 atom stereocenters. The van der Waals surface area contributed by atoms with Crippen LogP contribution in [0.1, 0.15) is 22.2 Å². The summed E-state index contributed by atoms with van der Waals surface area (Å²) < 4.78 is 24.0. The molecule has 7 heteroatoms. The zero-order valence-electron chi connectivity index (χ0n) is 17.5. The quantitative estimate of drug-likeness (QED) is 0.628. The van der Waals surface area contributed by atoms with Gasteiger partial charge in [-0.2, -0.15) is 0 Å². The molecule has 0 aliphatic carbocycles. The van der Waals surface area contributed by atoms with Gasteiger partial charge in [0.1, 0.15) is 17.3 Å². The number of hydrogen-bond acceptors (Lipinski definition) is 5. The molecule has 3 aromatic rings. The van der Waals surface area contributed by atoms with E-state index in [1.54, 1.807) is 13.4 Å². The van der Waals surface area contributed by atoms with Crippen molar-refractivity contribution in [3.05, 3.63) is 84.1 Å². The third kappa shape index (κ3) is 5.06. The molecule has 1 aromatic heterocycles. The predicted octanol–water partition coefficient (Wildman–Crippen LogP) is 3.72. The summed E-state index contributed by atoms with van der Waals surface area (Å²) in [7, 11) is 1.66. The standard InChI is InChI=1S/C24H26FN3O3/c1-30-21-10-8-20(9-11-21)27-12-14-28(15-13-27)22(23-3-2-16-31-23)17-26-24(29)18-4-6-19(25)7-5-18/h2-11,16,22H,12-15,17H2,1H3,(H,26,29)/t22-/m1/s1. The lowest BCUT2D eigenvalue weighted by atomic mass is 10.1. The Labute approximate surface area is 181 Å². The Bertz CT molecular complexity index is 966. The summed E-state index contributed by atoms with van der Waals surface area (Å²) in [5, 5.41) is 2.97. The Morgan fingerprint density at radius 3 is 2.39 bits per heavy atom. The number of halogens is 1. The molecule has 1 amide bonds. The molecule has 162 valence electrons. The smallest absolute Gasteiger partial charge is 0.251 e. The molecule has 0 saturated carbocycles. The van der Waals surface area contributed by atoms with E-state index in [1.165, 1.54) is 30.0 Å². The molecule has 0 bridgehead atoms. The van der Waals surface area contributed by atoms with Crippen molar-refractivity contribution in [1.82, 2.24) is 10.2 Å². The number of carbonyl (C=O) groups is 1. The Balaban J connectivity index is 1.39. The van der Waals surface area contributed by atoms with Gasteiger partial charge in [0.2, 0.25) is 0 Å². The number of hydrogen-bond donors (Lipinski definition) is 1. The van der Waals surface area contributed by atoms with Gasteiger partial charge >= 0.3 is 0 Å². The molecule has 1 fully saturated rings. The summed E-state index contributed by atoms with van der Waals surface area (Å²) in [5.41, 5.74) is 1.60. The Hall–Kier alpha value is -3.32. The van der Waals surface area contributed by atoms with Crippen molar-refractivity contribution in [2.24, 2.45) is 0 Å². The molecule has 6 nitrogen and oxygen atoms in total. The van der Waals surface area contributed by atoms with E-state index >= 15 is 0 Å². The van der Waals surface area contributed by atoms with Gasteiger partial charge in [-0.3, -0.25) is 9.69 Å². The fourth-order valence-corrected chi connectivity index (χ4v) is 3.87. The SMILES string of the molecule is COc1ccc(N2CCN([C@H](CNC(=O)c3ccc(F)cc3)c3ccco3)CC2)cc1. The molecule has 1 N–H and O–H groups in total. The van der Waals surface area contributed by atoms with Crippen LogP contribution >= 0.6 is 0 Å². The minimum Gasteiger partial charge on any atom is -0.497 e. The van der Waals surface area contributed by atoms with E-state index < -0.39 is 0 Å². The highest BCUT2D eigenvalue weighted by molar-refractivity contribution is 5.94. The molecule has 1 aliphatic heterocycles. The lowest BCUT2D eigenvalue weighted by Crippen LogP contribution is -2.49. The molecule has 0 spiro atoms. The Morgan fingerprint density at radius 2 is 1.77 bits per heavy atom.